The second-order valence-electron chi connectivity index (χ2n) is 6.46. The van der Waals surface area contributed by atoms with Crippen LogP contribution in [0.3, 0.4) is 0 Å². The van der Waals surface area contributed by atoms with E-state index in [0.717, 1.165) is 12.1 Å². The molecule has 2 rings (SSSR count). The first-order valence-electron chi connectivity index (χ1n) is 9.16. The Hall–Kier alpha value is -1.99. The lowest BCUT2D eigenvalue weighted by Gasteiger charge is -2.18. The third kappa shape index (κ3) is 7.01. The average Bonchev–Trinajstić information content (AvgIpc) is 2.75. The number of benzene rings is 2. The summed E-state index contributed by atoms with van der Waals surface area (Å²) >= 11 is 1.43. The van der Waals surface area contributed by atoms with Gasteiger partial charge in [-0.25, -0.2) is 25.9 Å². The fourth-order valence-electron chi connectivity index (χ4n) is 2.65. The van der Waals surface area contributed by atoms with Gasteiger partial charge in [0, 0.05) is 6.54 Å². The molecule has 0 saturated heterocycles. The van der Waals surface area contributed by atoms with E-state index in [1.165, 1.54) is 49.1 Å². The summed E-state index contributed by atoms with van der Waals surface area (Å²) in [6.45, 7) is -0.0108. The van der Waals surface area contributed by atoms with Crippen LogP contribution in [-0.2, 0) is 31.4 Å². The molecule has 12 heteroatoms. The molecule has 1 amide bonds. The predicted molar refractivity (Wildman–Crippen MR) is 118 cm³/mol. The molecule has 0 heterocycles. The van der Waals surface area contributed by atoms with Gasteiger partial charge >= 0.3 is 0 Å². The maximum Gasteiger partial charge on any atom is 0.244 e. The van der Waals surface area contributed by atoms with E-state index in [-0.39, 0.29) is 17.9 Å². The molecule has 170 valence electrons. The predicted octanol–water partition coefficient (Wildman–Crippen LogP) is 1.45. The lowest BCUT2D eigenvalue weighted by Crippen LogP contribution is -2.46. The van der Waals surface area contributed by atoms with Crippen molar-refractivity contribution in [3.05, 3.63) is 59.9 Å². The molecule has 0 aromatic heterocycles. The Kier molecular flexibility index (Phi) is 9.01. The molecule has 2 aromatic rings. The van der Waals surface area contributed by atoms with Crippen LogP contribution in [0.2, 0.25) is 0 Å². The molecule has 0 fully saturated rings. The zero-order chi connectivity index (χ0) is 23.1. The van der Waals surface area contributed by atoms with Crippen molar-refractivity contribution < 1.29 is 26.0 Å². The molecule has 2 aromatic carbocycles. The van der Waals surface area contributed by atoms with Crippen LogP contribution in [0.25, 0.3) is 0 Å². The molecule has 0 aliphatic rings. The van der Waals surface area contributed by atoms with E-state index >= 15 is 0 Å². The summed E-state index contributed by atoms with van der Waals surface area (Å²) in [7, 11) is -6.61. The van der Waals surface area contributed by atoms with Gasteiger partial charge in [-0.05, 0) is 55.3 Å². The Morgan fingerprint density at radius 2 is 1.77 bits per heavy atom. The number of thioether (sulfide) groups is 1. The topological polar surface area (TPSA) is 121 Å². The van der Waals surface area contributed by atoms with Crippen LogP contribution < -0.4 is 14.8 Å². The minimum absolute atomic E-state index is 0.0108. The lowest BCUT2D eigenvalue weighted by atomic mass is 10.2. The monoisotopic (exact) mass is 489 g/mol. The summed E-state index contributed by atoms with van der Waals surface area (Å²) in [4.78, 5) is 12.2. The average molecular weight is 490 g/mol. The van der Waals surface area contributed by atoms with Crippen molar-refractivity contribution in [3.8, 4) is 0 Å². The van der Waals surface area contributed by atoms with Crippen molar-refractivity contribution in [1.82, 2.24) is 14.8 Å². The van der Waals surface area contributed by atoms with Crippen molar-refractivity contribution in [3.63, 3.8) is 0 Å². The standard InChI is InChI=1S/C19H24FN3O5S3/c1-21-30(25,26)15-7-5-6-14(12-15)13-22-19(24)17(10-11-29-2)23-31(27,28)18-9-4-3-8-16(18)20/h3-9,12,17,21,23H,10-11,13H2,1-2H3,(H,22,24). The van der Waals surface area contributed by atoms with Gasteiger partial charge in [0.25, 0.3) is 0 Å². The SMILES string of the molecule is CNS(=O)(=O)c1cccc(CNC(=O)C(CCSC)NS(=O)(=O)c2ccccc2F)c1. The number of carbonyl (C=O) groups excluding carboxylic acids is 1. The van der Waals surface area contributed by atoms with E-state index in [0.29, 0.717) is 11.3 Å². The summed E-state index contributed by atoms with van der Waals surface area (Å²) < 4.78 is 67.4. The van der Waals surface area contributed by atoms with Crippen molar-refractivity contribution in [1.29, 1.82) is 0 Å². The number of carbonyl (C=O) groups is 1. The molecule has 0 aliphatic carbocycles. The number of nitrogens with one attached hydrogen (secondary N) is 3. The fourth-order valence-corrected chi connectivity index (χ4v) is 5.23. The van der Waals surface area contributed by atoms with Crippen LogP contribution >= 0.6 is 11.8 Å². The summed E-state index contributed by atoms with van der Waals surface area (Å²) in [5.41, 5.74) is 0.519. The third-order valence-corrected chi connectivity index (χ3v) is 7.86. The van der Waals surface area contributed by atoms with Crippen molar-refractivity contribution in [2.24, 2.45) is 0 Å². The summed E-state index contributed by atoms with van der Waals surface area (Å²) in [6.07, 6.45) is 2.00. The van der Waals surface area contributed by atoms with Gasteiger partial charge in [-0.15, -0.1) is 0 Å². The molecular weight excluding hydrogens is 465 g/mol. The van der Waals surface area contributed by atoms with Gasteiger partial charge in [0.15, 0.2) is 0 Å². The minimum atomic E-state index is -4.26. The van der Waals surface area contributed by atoms with Gasteiger partial charge in [-0.2, -0.15) is 16.5 Å². The molecule has 0 radical (unpaired) electrons. The van der Waals surface area contributed by atoms with Crippen LogP contribution in [0.4, 0.5) is 4.39 Å². The fraction of sp³-hybridized carbons (Fsp3) is 0.316. The number of hydrogen-bond acceptors (Lipinski definition) is 6. The zero-order valence-corrected chi connectivity index (χ0v) is 19.4. The van der Waals surface area contributed by atoms with Crippen molar-refractivity contribution in [2.45, 2.75) is 28.8 Å². The van der Waals surface area contributed by atoms with Gasteiger partial charge < -0.3 is 5.32 Å². The van der Waals surface area contributed by atoms with Crippen LogP contribution in [-0.4, -0.2) is 47.8 Å². The highest BCUT2D eigenvalue weighted by Gasteiger charge is 2.27. The quantitative estimate of drug-likeness (QED) is 0.439. The third-order valence-electron chi connectivity index (χ3n) is 4.29. The van der Waals surface area contributed by atoms with E-state index in [1.807, 2.05) is 6.26 Å². The maximum atomic E-state index is 13.9. The number of rotatable bonds is 11. The van der Waals surface area contributed by atoms with E-state index in [4.69, 9.17) is 0 Å². The molecule has 31 heavy (non-hydrogen) atoms. The molecular formula is C19H24FN3O5S3. The highest BCUT2D eigenvalue weighted by Crippen LogP contribution is 2.15. The van der Waals surface area contributed by atoms with Crippen LogP contribution in [0.5, 0.6) is 0 Å². The van der Waals surface area contributed by atoms with Crippen molar-refractivity contribution in [2.75, 3.05) is 19.1 Å². The van der Waals surface area contributed by atoms with Gasteiger partial charge in [0.1, 0.15) is 16.8 Å². The molecule has 0 saturated carbocycles. The second kappa shape index (κ2) is 11.0. The van der Waals surface area contributed by atoms with Gasteiger partial charge in [-0.1, -0.05) is 24.3 Å². The number of hydrogen-bond donors (Lipinski definition) is 3. The molecule has 0 aliphatic heterocycles. The maximum absolute atomic E-state index is 13.9. The highest BCUT2D eigenvalue weighted by molar-refractivity contribution is 7.98. The Morgan fingerprint density at radius 1 is 1.06 bits per heavy atom. The van der Waals surface area contributed by atoms with E-state index in [9.17, 15) is 26.0 Å². The largest absolute Gasteiger partial charge is 0.351 e. The molecule has 3 N–H and O–H groups in total. The molecule has 0 spiro atoms. The van der Waals surface area contributed by atoms with E-state index < -0.39 is 42.7 Å². The van der Waals surface area contributed by atoms with Crippen LogP contribution in [0, 0.1) is 5.82 Å². The second-order valence-corrected chi connectivity index (χ2v) is 11.0. The smallest absolute Gasteiger partial charge is 0.244 e. The number of halogens is 1. The van der Waals surface area contributed by atoms with Gasteiger partial charge in [0.2, 0.25) is 26.0 Å². The summed E-state index contributed by atoms with van der Waals surface area (Å²) in [5, 5.41) is 2.61. The highest BCUT2D eigenvalue weighted by atomic mass is 32.2. The summed E-state index contributed by atoms with van der Waals surface area (Å²) in [6, 6.07) is 9.78. The lowest BCUT2D eigenvalue weighted by molar-refractivity contribution is -0.122. The first-order valence-corrected chi connectivity index (χ1v) is 13.5. The van der Waals surface area contributed by atoms with Crippen LogP contribution in [0.1, 0.15) is 12.0 Å². The van der Waals surface area contributed by atoms with Gasteiger partial charge in [0.05, 0.1) is 4.90 Å². The Morgan fingerprint density at radius 3 is 2.42 bits per heavy atom. The molecule has 0 bridgehead atoms. The zero-order valence-electron chi connectivity index (χ0n) is 17.0. The minimum Gasteiger partial charge on any atom is -0.351 e. The van der Waals surface area contributed by atoms with E-state index in [1.54, 1.807) is 6.07 Å². The molecule has 1 atom stereocenters. The Labute approximate surface area is 186 Å². The van der Waals surface area contributed by atoms with Gasteiger partial charge in [-0.3, -0.25) is 4.79 Å². The Bertz CT molecular complexity index is 1120. The summed E-state index contributed by atoms with van der Waals surface area (Å²) in [5.74, 6) is -1.02. The molecule has 1 unspecified atom stereocenters. The molecule has 8 nitrogen and oxygen atoms in total. The van der Waals surface area contributed by atoms with Crippen LogP contribution in [0.15, 0.2) is 58.3 Å². The number of sulfonamides is 2. The first kappa shape index (κ1) is 25.3. The van der Waals surface area contributed by atoms with E-state index in [2.05, 4.69) is 14.8 Å². The first-order chi connectivity index (χ1) is 14.6. The Balaban J connectivity index is 2.15. The number of amides is 1. The normalized spacial score (nSPS) is 13.0. The van der Waals surface area contributed by atoms with Crippen molar-refractivity contribution >= 4 is 37.7 Å².